The first kappa shape index (κ1) is 19.3. The van der Waals surface area contributed by atoms with Crippen molar-refractivity contribution in [3.05, 3.63) is 72.8 Å². The molecule has 28 heavy (non-hydrogen) atoms. The number of hydrogen-bond donors (Lipinski definition) is 2. The maximum absolute atomic E-state index is 12.3. The number of rotatable bonds is 10. The highest BCUT2D eigenvalue weighted by atomic mass is 16.2. The molecule has 0 aliphatic carbocycles. The molecule has 8 heteroatoms. The standard InChI is InChI=1S/C20H24N6O2/c27-19(23-6-2-10-25-12-8-21-15-25)17-4-1-5-18(14-17)20(28)24-7-3-11-26-13-9-22-16-26/h1,4-5,8-9,12-16H,2-3,6-7,10-11H2,(H,23,27)(H,24,28). The van der Waals surface area contributed by atoms with Gasteiger partial charge < -0.3 is 19.8 Å². The van der Waals surface area contributed by atoms with Crippen molar-refractivity contribution in [3.8, 4) is 0 Å². The molecule has 0 aliphatic heterocycles. The Bertz CT molecular complexity index is 805. The molecule has 146 valence electrons. The molecule has 3 rings (SSSR count). The third-order valence-corrected chi connectivity index (χ3v) is 4.26. The number of imidazole rings is 2. The minimum absolute atomic E-state index is 0.180. The number of carbonyl (C=O) groups is 2. The highest BCUT2D eigenvalue weighted by Crippen LogP contribution is 2.06. The summed E-state index contributed by atoms with van der Waals surface area (Å²) >= 11 is 0. The zero-order chi connectivity index (χ0) is 19.6. The average molecular weight is 380 g/mol. The van der Waals surface area contributed by atoms with Crippen molar-refractivity contribution in [3.63, 3.8) is 0 Å². The molecule has 0 unspecified atom stereocenters. The number of carbonyl (C=O) groups excluding carboxylic acids is 2. The molecule has 0 atom stereocenters. The van der Waals surface area contributed by atoms with E-state index in [0.717, 1.165) is 25.9 Å². The Labute approximate surface area is 163 Å². The van der Waals surface area contributed by atoms with Gasteiger partial charge >= 0.3 is 0 Å². The van der Waals surface area contributed by atoms with Crippen molar-refractivity contribution < 1.29 is 9.59 Å². The first-order chi connectivity index (χ1) is 13.7. The molecule has 0 radical (unpaired) electrons. The maximum Gasteiger partial charge on any atom is 0.251 e. The molecule has 0 fully saturated rings. The molecular formula is C20H24N6O2. The number of hydrogen-bond acceptors (Lipinski definition) is 4. The third kappa shape index (κ3) is 5.80. The predicted octanol–water partition coefficient (Wildman–Crippen LogP) is 1.72. The Morgan fingerprint density at radius 1 is 0.821 bits per heavy atom. The van der Waals surface area contributed by atoms with Crippen LogP contribution >= 0.6 is 0 Å². The van der Waals surface area contributed by atoms with E-state index in [9.17, 15) is 9.59 Å². The second-order valence-electron chi connectivity index (χ2n) is 6.40. The van der Waals surface area contributed by atoms with Gasteiger partial charge in [0.15, 0.2) is 0 Å². The van der Waals surface area contributed by atoms with Crippen LogP contribution in [-0.2, 0) is 13.1 Å². The van der Waals surface area contributed by atoms with Crippen molar-refractivity contribution in [2.45, 2.75) is 25.9 Å². The fraction of sp³-hybridized carbons (Fsp3) is 0.300. The molecule has 0 aliphatic rings. The summed E-state index contributed by atoms with van der Waals surface area (Å²) in [7, 11) is 0. The van der Waals surface area contributed by atoms with E-state index in [2.05, 4.69) is 20.6 Å². The van der Waals surface area contributed by atoms with Gasteiger partial charge in [0.05, 0.1) is 12.7 Å². The van der Waals surface area contributed by atoms with Gasteiger partial charge in [-0.15, -0.1) is 0 Å². The Balaban J connectivity index is 1.41. The van der Waals surface area contributed by atoms with E-state index in [1.807, 2.05) is 21.5 Å². The Hall–Kier alpha value is -3.42. The Kier molecular flexibility index (Phi) is 6.95. The minimum Gasteiger partial charge on any atom is -0.352 e. The smallest absolute Gasteiger partial charge is 0.251 e. The quantitative estimate of drug-likeness (QED) is 0.524. The molecular weight excluding hydrogens is 356 g/mol. The lowest BCUT2D eigenvalue weighted by Gasteiger charge is -2.08. The summed E-state index contributed by atoms with van der Waals surface area (Å²) in [6.07, 6.45) is 12.3. The molecule has 8 nitrogen and oxygen atoms in total. The molecule has 0 spiro atoms. The van der Waals surface area contributed by atoms with Crippen LogP contribution < -0.4 is 10.6 Å². The molecule has 3 aromatic rings. The summed E-state index contributed by atoms with van der Waals surface area (Å²) in [5.74, 6) is -0.360. The molecule has 0 bridgehead atoms. The number of benzene rings is 1. The van der Waals surface area contributed by atoms with Crippen LogP contribution in [0, 0.1) is 0 Å². The van der Waals surface area contributed by atoms with Gasteiger partial charge in [0, 0.05) is 62.1 Å². The van der Waals surface area contributed by atoms with Crippen LogP contribution in [0.3, 0.4) is 0 Å². The van der Waals surface area contributed by atoms with Crippen LogP contribution in [0.25, 0.3) is 0 Å². The lowest BCUT2D eigenvalue weighted by Crippen LogP contribution is -2.27. The second-order valence-corrected chi connectivity index (χ2v) is 6.40. The predicted molar refractivity (Wildman–Crippen MR) is 105 cm³/mol. The Morgan fingerprint density at radius 3 is 1.75 bits per heavy atom. The minimum atomic E-state index is -0.180. The van der Waals surface area contributed by atoms with E-state index in [4.69, 9.17) is 0 Å². The molecule has 1 aromatic carbocycles. The van der Waals surface area contributed by atoms with E-state index in [-0.39, 0.29) is 11.8 Å². The van der Waals surface area contributed by atoms with Gasteiger partial charge in [-0.05, 0) is 31.0 Å². The molecule has 0 saturated heterocycles. The van der Waals surface area contributed by atoms with Crippen molar-refractivity contribution in [2.75, 3.05) is 13.1 Å². The molecule has 2 heterocycles. The summed E-state index contributed by atoms with van der Waals surface area (Å²) in [4.78, 5) is 32.6. The highest BCUT2D eigenvalue weighted by molar-refractivity contribution is 5.99. The zero-order valence-electron chi connectivity index (χ0n) is 15.6. The lowest BCUT2D eigenvalue weighted by molar-refractivity contribution is 0.0952. The van der Waals surface area contributed by atoms with Crippen LogP contribution in [-0.4, -0.2) is 44.0 Å². The van der Waals surface area contributed by atoms with Crippen LogP contribution in [0.15, 0.2) is 61.7 Å². The Morgan fingerprint density at radius 2 is 1.32 bits per heavy atom. The summed E-state index contributed by atoms with van der Waals surface area (Å²) in [5.41, 5.74) is 0.961. The summed E-state index contributed by atoms with van der Waals surface area (Å²) in [6.45, 7) is 2.70. The normalized spacial score (nSPS) is 10.6. The first-order valence-corrected chi connectivity index (χ1v) is 9.30. The molecule has 2 N–H and O–H groups in total. The van der Waals surface area contributed by atoms with E-state index in [0.29, 0.717) is 24.2 Å². The topological polar surface area (TPSA) is 93.8 Å². The second kappa shape index (κ2) is 10.1. The van der Waals surface area contributed by atoms with E-state index in [1.54, 1.807) is 49.3 Å². The summed E-state index contributed by atoms with van der Waals surface area (Å²) in [6, 6.07) is 6.76. The van der Waals surface area contributed by atoms with Gasteiger partial charge in [-0.25, -0.2) is 9.97 Å². The van der Waals surface area contributed by atoms with Crippen LogP contribution in [0.1, 0.15) is 33.6 Å². The average Bonchev–Trinajstić information content (AvgIpc) is 3.42. The number of amides is 2. The van der Waals surface area contributed by atoms with Crippen molar-refractivity contribution >= 4 is 11.8 Å². The van der Waals surface area contributed by atoms with Crippen molar-refractivity contribution in [1.82, 2.24) is 29.7 Å². The first-order valence-electron chi connectivity index (χ1n) is 9.30. The van der Waals surface area contributed by atoms with E-state index in [1.165, 1.54) is 0 Å². The SMILES string of the molecule is O=C(NCCCn1ccnc1)c1cccc(C(=O)NCCCn2ccnc2)c1. The molecule has 2 aromatic heterocycles. The van der Waals surface area contributed by atoms with Gasteiger partial charge in [0.2, 0.25) is 0 Å². The summed E-state index contributed by atoms with van der Waals surface area (Å²) in [5, 5.41) is 5.76. The van der Waals surface area contributed by atoms with Gasteiger partial charge in [0.25, 0.3) is 11.8 Å². The van der Waals surface area contributed by atoms with Gasteiger partial charge in [0.1, 0.15) is 0 Å². The van der Waals surface area contributed by atoms with Crippen molar-refractivity contribution in [2.24, 2.45) is 0 Å². The number of nitrogens with zero attached hydrogens (tertiary/aromatic N) is 4. The largest absolute Gasteiger partial charge is 0.352 e. The fourth-order valence-electron chi connectivity index (χ4n) is 2.77. The van der Waals surface area contributed by atoms with Crippen molar-refractivity contribution in [1.29, 1.82) is 0 Å². The number of aryl methyl sites for hydroxylation is 2. The summed E-state index contributed by atoms with van der Waals surface area (Å²) < 4.78 is 3.92. The molecule has 2 amide bonds. The number of nitrogens with one attached hydrogen (secondary N) is 2. The van der Waals surface area contributed by atoms with E-state index >= 15 is 0 Å². The third-order valence-electron chi connectivity index (χ3n) is 4.26. The van der Waals surface area contributed by atoms with Gasteiger partial charge in [-0.1, -0.05) is 6.07 Å². The maximum atomic E-state index is 12.3. The van der Waals surface area contributed by atoms with Gasteiger partial charge in [-0.3, -0.25) is 9.59 Å². The fourth-order valence-corrected chi connectivity index (χ4v) is 2.77. The van der Waals surface area contributed by atoms with Crippen LogP contribution in [0.2, 0.25) is 0 Å². The molecule has 0 saturated carbocycles. The highest BCUT2D eigenvalue weighted by Gasteiger charge is 2.10. The van der Waals surface area contributed by atoms with E-state index < -0.39 is 0 Å². The number of aromatic nitrogens is 4. The monoisotopic (exact) mass is 380 g/mol. The zero-order valence-corrected chi connectivity index (χ0v) is 15.6. The van der Waals surface area contributed by atoms with Gasteiger partial charge in [-0.2, -0.15) is 0 Å². The van der Waals surface area contributed by atoms with Crippen LogP contribution in [0.4, 0.5) is 0 Å². The lowest BCUT2D eigenvalue weighted by atomic mass is 10.1. The van der Waals surface area contributed by atoms with Crippen LogP contribution in [0.5, 0.6) is 0 Å².